The monoisotopic (exact) mass is 316 g/mol. The first kappa shape index (κ1) is 17.9. The summed E-state index contributed by atoms with van der Waals surface area (Å²) >= 11 is 1.43. The number of anilines is 1. The minimum atomic E-state index is -0.380. The van der Waals surface area contributed by atoms with Crippen molar-refractivity contribution < 1.29 is 19.0 Å². The van der Waals surface area contributed by atoms with Crippen LogP contribution in [0.15, 0.2) is 5.38 Å². The van der Waals surface area contributed by atoms with E-state index in [-0.39, 0.29) is 5.97 Å². The summed E-state index contributed by atoms with van der Waals surface area (Å²) in [5.74, 6) is -0.380. The number of hydrogen-bond donors (Lipinski definition) is 0. The largest absolute Gasteiger partial charge is 0.461 e. The molecule has 0 spiro atoms. The Labute approximate surface area is 130 Å². The summed E-state index contributed by atoms with van der Waals surface area (Å²) in [7, 11) is 0. The van der Waals surface area contributed by atoms with Crippen LogP contribution in [-0.2, 0) is 14.2 Å². The Morgan fingerprint density at radius 3 is 2.29 bits per heavy atom. The summed E-state index contributed by atoms with van der Waals surface area (Å²) in [4.78, 5) is 18.1. The number of thiazole rings is 1. The molecule has 0 bridgehead atoms. The number of carbonyl (C=O) groups excluding carboxylic acids is 1. The van der Waals surface area contributed by atoms with E-state index in [1.807, 2.05) is 13.8 Å². The van der Waals surface area contributed by atoms with Gasteiger partial charge in [0.2, 0.25) is 0 Å². The van der Waals surface area contributed by atoms with Crippen molar-refractivity contribution in [3.8, 4) is 0 Å². The molecule has 1 heterocycles. The molecule has 0 atom stereocenters. The maximum atomic E-state index is 11.7. The van der Waals surface area contributed by atoms with Crippen molar-refractivity contribution >= 4 is 22.4 Å². The Balaban J connectivity index is 2.65. The van der Waals surface area contributed by atoms with Gasteiger partial charge in [-0.3, -0.25) is 0 Å². The van der Waals surface area contributed by atoms with Gasteiger partial charge in [0.1, 0.15) is 0 Å². The van der Waals surface area contributed by atoms with Crippen LogP contribution in [0.4, 0.5) is 5.13 Å². The molecule has 0 saturated carbocycles. The van der Waals surface area contributed by atoms with Gasteiger partial charge in [0, 0.05) is 31.7 Å². The van der Waals surface area contributed by atoms with Crippen LogP contribution in [-0.4, -0.2) is 57.1 Å². The lowest BCUT2D eigenvalue weighted by Crippen LogP contribution is -2.31. The van der Waals surface area contributed by atoms with Crippen molar-refractivity contribution in [2.45, 2.75) is 20.8 Å². The van der Waals surface area contributed by atoms with E-state index in [9.17, 15) is 4.79 Å². The second-order valence-electron chi connectivity index (χ2n) is 4.12. The molecule has 21 heavy (non-hydrogen) atoms. The SMILES string of the molecule is CCOCCN(CCOCC)c1nc(C(=O)OCC)cs1. The quantitative estimate of drug-likeness (QED) is 0.461. The lowest BCUT2D eigenvalue weighted by molar-refractivity contribution is 0.0520. The zero-order valence-electron chi connectivity index (χ0n) is 13.0. The third-order valence-electron chi connectivity index (χ3n) is 2.67. The lowest BCUT2D eigenvalue weighted by Gasteiger charge is -2.21. The molecule has 1 aromatic heterocycles. The van der Waals surface area contributed by atoms with Gasteiger partial charge >= 0.3 is 5.97 Å². The summed E-state index contributed by atoms with van der Waals surface area (Å²) in [5, 5.41) is 2.51. The molecule has 0 fully saturated rings. The van der Waals surface area contributed by atoms with Crippen molar-refractivity contribution in [3.05, 3.63) is 11.1 Å². The fourth-order valence-corrected chi connectivity index (χ4v) is 2.50. The van der Waals surface area contributed by atoms with Crippen LogP contribution >= 0.6 is 11.3 Å². The van der Waals surface area contributed by atoms with Crippen LogP contribution in [0.3, 0.4) is 0 Å². The summed E-state index contributed by atoms with van der Waals surface area (Å²) in [6.07, 6.45) is 0. The molecule has 0 aromatic carbocycles. The highest BCUT2D eigenvalue weighted by molar-refractivity contribution is 7.13. The molecule has 1 rings (SSSR count). The first-order valence-corrected chi connectivity index (χ1v) is 8.13. The third-order valence-corrected chi connectivity index (χ3v) is 3.57. The Bertz CT molecular complexity index is 401. The molecule has 120 valence electrons. The maximum absolute atomic E-state index is 11.7. The van der Waals surface area contributed by atoms with Crippen molar-refractivity contribution in [1.29, 1.82) is 0 Å². The van der Waals surface area contributed by atoms with E-state index in [1.165, 1.54) is 11.3 Å². The van der Waals surface area contributed by atoms with Gasteiger partial charge in [-0.1, -0.05) is 0 Å². The van der Waals surface area contributed by atoms with Crippen LogP contribution in [0.2, 0.25) is 0 Å². The lowest BCUT2D eigenvalue weighted by atomic mass is 10.5. The Kier molecular flexibility index (Phi) is 8.96. The molecular weight excluding hydrogens is 292 g/mol. The molecule has 0 radical (unpaired) electrons. The van der Waals surface area contributed by atoms with E-state index in [0.29, 0.717) is 38.7 Å². The number of esters is 1. The minimum absolute atomic E-state index is 0.351. The Hall–Kier alpha value is -1.18. The molecular formula is C14H24N2O4S. The predicted octanol–water partition coefficient (Wildman–Crippen LogP) is 2.20. The van der Waals surface area contributed by atoms with Crippen molar-refractivity contribution in [2.24, 2.45) is 0 Å². The smallest absolute Gasteiger partial charge is 0.357 e. The average Bonchev–Trinajstić information content (AvgIpc) is 2.96. The Morgan fingerprint density at radius 1 is 1.14 bits per heavy atom. The average molecular weight is 316 g/mol. The summed E-state index contributed by atoms with van der Waals surface area (Å²) < 4.78 is 15.7. The molecule has 0 aliphatic rings. The standard InChI is InChI=1S/C14H24N2O4S/c1-4-18-9-7-16(8-10-19-5-2)14-15-12(11-21-14)13(17)20-6-3/h11H,4-10H2,1-3H3. The Morgan fingerprint density at radius 2 is 1.76 bits per heavy atom. The normalized spacial score (nSPS) is 10.6. The van der Waals surface area contributed by atoms with E-state index in [2.05, 4.69) is 9.88 Å². The zero-order chi connectivity index (χ0) is 15.5. The van der Waals surface area contributed by atoms with Gasteiger partial charge in [0.15, 0.2) is 10.8 Å². The molecule has 0 aliphatic heterocycles. The van der Waals surface area contributed by atoms with E-state index in [4.69, 9.17) is 14.2 Å². The highest BCUT2D eigenvalue weighted by Gasteiger charge is 2.15. The van der Waals surface area contributed by atoms with Crippen molar-refractivity contribution in [3.63, 3.8) is 0 Å². The van der Waals surface area contributed by atoms with Gasteiger partial charge in [0.05, 0.1) is 19.8 Å². The van der Waals surface area contributed by atoms with Gasteiger partial charge < -0.3 is 19.1 Å². The number of aromatic nitrogens is 1. The molecule has 0 aliphatic carbocycles. The van der Waals surface area contributed by atoms with E-state index < -0.39 is 0 Å². The zero-order valence-corrected chi connectivity index (χ0v) is 13.8. The summed E-state index contributed by atoms with van der Waals surface area (Å²) in [6.45, 7) is 10.1. The highest BCUT2D eigenvalue weighted by atomic mass is 32.1. The van der Waals surface area contributed by atoms with E-state index in [0.717, 1.165) is 18.2 Å². The van der Waals surface area contributed by atoms with Crippen molar-refractivity contribution in [1.82, 2.24) is 4.98 Å². The molecule has 7 heteroatoms. The number of nitrogens with zero attached hydrogens (tertiary/aromatic N) is 2. The highest BCUT2D eigenvalue weighted by Crippen LogP contribution is 2.20. The third kappa shape index (κ3) is 6.41. The molecule has 0 saturated heterocycles. The number of hydrogen-bond acceptors (Lipinski definition) is 7. The van der Waals surface area contributed by atoms with E-state index >= 15 is 0 Å². The first-order chi connectivity index (χ1) is 10.2. The van der Waals surface area contributed by atoms with Gasteiger partial charge in [-0.05, 0) is 20.8 Å². The number of carbonyl (C=O) groups is 1. The topological polar surface area (TPSA) is 60.9 Å². The minimum Gasteiger partial charge on any atom is -0.461 e. The second-order valence-corrected chi connectivity index (χ2v) is 4.95. The molecule has 0 unspecified atom stereocenters. The second kappa shape index (κ2) is 10.5. The van der Waals surface area contributed by atoms with Crippen molar-refractivity contribution in [2.75, 3.05) is 51.0 Å². The van der Waals surface area contributed by atoms with Gasteiger partial charge in [-0.2, -0.15) is 0 Å². The van der Waals surface area contributed by atoms with Crippen LogP contribution in [0.1, 0.15) is 31.3 Å². The van der Waals surface area contributed by atoms with Crippen LogP contribution < -0.4 is 4.90 Å². The molecule has 6 nitrogen and oxygen atoms in total. The van der Waals surface area contributed by atoms with Crippen LogP contribution in [0.5, 0.6) is 0 Å². The van der Waals surface area contributed by atoms with Crippen LogP contribution in [0.25, 0.3) is 0 Å². The number of ether oxygens (including phenoxy) is 3. The van der Waals surface area contributed by atoms with E-state index in [1.54, 1.807) is 12.3 Å². The summed E-state index contributed by atoms with van der Waals surface area (Å²) in [6, 6.07) is 0. The fraction of sp³-hybridized carbons (Fsp3) is 0.714. The van der Waals surface area contributed by atoms with Gasteiger partial charge in [-0.15, -0.1) is 11.3 Å². The predicted molar refractivity (Wildman–Crippen MR) is 83.3 cm³/mol. The fourth-order valence-electron chi connectivity index (χ4n) is 1.65. The van der Waals surface area contributed by atoms with Gasteiger partial charge in [-0.25, -0.2) is 9.78 Å². The first-order valence-electron chi connectivity index (χ1n) is 7.25. The van der Waals surface area contributed by atoms with Crippen LogP contribution in [0, 0.1) is 0 Å². The molecule has 0 N–H and O–H groups in total. The number of rotatable bonds is 11. The molecule has 0 amide bonds. The van der Waals surface area contributed by atoms with Gasteiger partial charge in [0.25, 0.3) is 0 Å². The summed E-state index contributed by atoms with van der Waals surface area (Å²) in [5.41, 5.74) is 0.356. The maximum Gasteiger partial charge on any atom is 0.357 e. The molecule has 1 aromatic rings.